The summed E-state index contributed by atoms with van der Waals surface area (Å²) in [5, 5.41) is 0. The molecule has 2 aliphatic carbocycles. The standard InChI is InChI=1S/C13H20O2/c14-13(5-9-1-3-15-4-2-9)12-7-10-6-11(10)8-12/h9-12H,1-8H2. The van der Waals surface area contributed by atoms with Crippen molar-refractivity contribution in [3.8, 4) is 0 Å². The van der Waals surface area contributed by atoms with Crippen molar-refractivity contribution in [2.24, 2.45) is 23.7 Å². The number of carbonyl (C=O) groups excluding carboxylic acids is 1. The zero-order chi connectivity index (χ0) is 10.3. The summed E-state index contributed by atoms with van der Waals surface area (Å²) in [7, 11) is 0. The van der Waals surface area contributed by atoms with Gasteiger partial charge in [-0.1, -0.05) is 0 Å². The fraction of sp³-hybridized carbons (Fsp3) is 0.923. The highest BCUT2D eigenvalue weighted by Crippen LogP contribution is 2.54. The smallest absolute Gasteiger partial charge is 0.136 e. The van der Waals surface area contributed by atoms with Gasteiger partial charge in [0.1, 0.15) is 5.78 Å². The zero-order valence-electron chi connectivity index (χ0n) is 9.28. The van der Waals surface area contributed by atoms with E-state index in [1.165, 1.54) is 19.3 Å². The van der Waals surface area contributed by atoms with Crippen molar-refractivity contribution in [2.45, 2.75) is 38.5 Å². The number of hydrogen-bond acceptors (Lipinski definition) is 2. The average molecular weight is 208 g/mol. The van der Waals surface area contributed by atoms with Gasteiger partial charge in [0.05, 0.1) is 0 Å². The van der Waals surface area contributed by atoms with Gasteiger partial charge < -0.3 is 4.74 Å². The molecule has 3 fully saturated rings. The molecule has 3 rings (SSSR count). The van der Waals surface area contributed by atoms with E-state index in [4.69, 9.17) is 4.74 Å². The van der Waals surface area contributed by atoms with Crippen LogP contribution in [-0.2, 0) is 9.53 Å². The van der Waals surface area contributed by atoms with Gasteiger partial charge in [-0.05, 0) is 49.9 Å². The lowest BCUT2D eigenvalue weighted by atomic mass is 9.87. The Balaban J connectivity index is 1.47. The molecule has 0 N–H and O–H groups in total. The fourth-order valence-corrected chi connectivity index (χ4v) is 3.38. The topological polar surface area (TPSA) is 26.3 Å². The predicted molar refractivity (Wildman–Crippen MR) is 57.5 cm³/mol. The maximum atomic E-state index is 12.0. The van der Waals surface area contributed by atoms with Crippen molar-refractivity contribution in [3.63, 3.8) is 0 Å². The predicted octanol–water partition coefficient (Wildman–Crippen LogP) is 2.42. The van der Waals surface area contributed by atoms with Crippen LogP contribution in [0.5, 0.6) is 0 Å². The molecule has 0 aromatic rings. The van der Waals surface area contributed by atoms with Gasteiger partial charge in [-0.2, -0.15) is 0 Å². The molecule has 15 heavy (non-hydrogen) atoms. The molecule has 0 bridgehead atoms. The molecule has 1 heterocycles. The van der Waals surface area contributed by atoms with E-state index in [9.17, 15) is 4.79 Å². The number of hydrogen-bond donors (Lipinski definition) is 0. The zero-order valence-corrected chi connectivity index (χ0v) is 9.28. The summed E-state index contributed by atoms with van der Waals surface area (Å²) in [5.41, 5.74) is 0. The lowest BCUT2D eigenvalue weighted by Crippen LogP contribution is -2.22. The maximum Gasteiger partial charge on any atom is 0.136 e. The highest BCUT2D eigenvalue weighted by atomic mass is 16.5. The summed E-state index contributed by atoms with van der Waals surface area (Å²) in [6, 6.07) is 0. The first-order valence-corrected chi connectivity index (χ1v) is 6.43. The summed E-state index contributed by atoms with van der Waals surface area (Å²) in [6.45, 7) is 1.74. The van der Waals surface area contributed by atoms with Crippen LogP contribution in [0.15, 0.2) is 0 Å². The van der Waals surface area contributed by atoms with Crippen molar-refractivity contribution in [1.29, 1.82) is 0 Å². The van der Waals surface area contributed by atoms with E-state index in [2.05, 4.69) is 0 Å². The van der Waals surface area contributed by atoms with E-state index in [1.807, 2.05) is 0 Å². The molecule has 2 nitrogen and oxygen atoms in total. The van der Waals surface area contributed by atoms with Crippen LogP contribution in [-0.4, -0.2) is 19.0 Å². The Morgan fingerprint density at radius 1 is 1.07 bits per heavy atom. The van der Waals surface area contributed by atoms with Gasteiger partial charge >= 0.3 is 0 Å². The largest absolute Gasteiger partial charge is 0.381 e. The average Bonchev–Trinajstić information content (AvgIpc) is 2.87. The molecule has 0 amide bonds. The van der Waals surface area contributed by atoms with Gasteiger partial charge in [0, 0.05) is 25.6 Å². The Kier molecular flexibility index (Phi) is 2.55. The number of ether oxygens (including phenoxy) is 1. The monoisotopic (exact) mass is 208 g/mol. The lowest BCUT2D eigenvalue weighted by molar-refractivity contribution is -0.124. The van der Waals surface area contributed by atoms with Crippen molar-refractivity contribution in [3.05, 3.63) is 0 Å². The number of Topliss-reactive ketones (excluding diaryl/α,β-unsaturated/α-hetero) is 1. The highest BCUT2D eigenvalue weighted by Gasteiger charge is 2.47. The summed E-state index contributed by atoms with van der Waals surface area (Å²) in [6.07, 6.45) is 6.89. The van der Waals surface area contributed by atoms with Gasteiger partial charge in [-0.25, -0.2) is 0 Å². The van der Waals surface area contributed by atoms with Crippen LogP contribution in [0.3, 0.4) is 0 Å². The molecule has 2 atom stereocenters. The van der Waals surface area contributed by atoms with Crippen LogP contribution in [0.4, 0.5) is 0 Å². The number of fused-ring (bicyclic) bond motifs is 1. The third-order valence-electron chi connectivity index (χ3n) is 4.53. The molecule has 2 saturated carbocycles. The van der Waals surface area contributed by atoms with E-state index in [0.29, 0.717) is 17.6 Å². The molecule has 3 aliphatic rings. The Morgan fingerprint density at radius 2 is 1.73 bits per heavy atom. The normalized spacial score (nSPS) is 40.1. The minimum Gasteiger partial charge on any atom is -0.381 e. The third-order valence-corrected chi connectivity index (χ3v) is 4.53. The van der Waals surface area contributed by atoms with Gasteiger partial charge in [0.2, 0.25) is 0 Å². The minimum atomic E-state index is 0.441. The molecule has 0 aromatic heterocycles. The lowest BCUT2D eigenvalue weighted by Gasteiger charge is -2.22. The Hall–Kier alpha value is -0.370. The molecule has 1 aliphatic heterocycles. The van der Waals surface area contributed by atoms with Crippen molar-refractivity contribution >= 4 is 5.78 Å². The first-order valence-electron chi connectivity index (χ1n) is 6.43. The van der Waals surface area contributed by atoms with E-state index < -0.39 is 0 Å². The summed E-state index contributed by atoms with van der Waals surface area (Å²) in [4.78, 5) is 12.0. The third kappa shape index (κ3) is 2.10. The van der Waals surface area contributed by atoms with Crippen LogP contribution in [0.25, 0.3) is 0 Å². The van der Waals surface area contributed by atoms with Crippen LogP contribution in [0, 0.1) is 23.7 Å². The van der Waals surface area contributed by atoms with E-state index in [0.717, 1.165) is 44.3 Å². The summed E-state index contributed by atoms with van der Waals surface area (Å²) < 4.78 is 5.32. The molecule has 2 unspecified atom stereocenters. The van der Waals surface area contributed by atoms with Gasteiger partial charge in [0.25, 0.3) is 0 Å². The summed E-state index contributed by atoms with van der Waals surface area (Å²) >= 11 is 0. The molecular formula is C13H20O2. The molecular weight excluding hydrogens is 188 g/mol. The molecule has 2 heteroatoms. The quantitative estimate of drug-likeness (QED) is 0.712. The van der Waals surface area contributed by atoms with Crippen LogP contribution in [0.2, 0.25) is 0 Å². The maximum absolute atomic E-state index is 12.0. The molecule has 84 valence electrons. The van der Waals surface area contributed by atoms with Crippen LogP contribution in [0.1, 0.15) is 38.5 Å². The van der Waals surface area contributed by atoms with Crippen LogP contribution < -0.4 is 0 Å². The SMILES string of the molecule is O=C(CC1CCOCC1)C1CC2CC2C1. The van der Waals surface area contributed by atoms with E-state index in [1.54, 1.807) is 0 Å². The molecule has 0 radical (unpaired) electrons. The van der Waals surface area contributed by atoms with Crippen molar-refractivity contribution in [1.82, 2.24) is 0 Å². The Bertz CT molecular complexity index is 245. The number of ketones is 1. The summed E-state index contributed by atoms with van der Waals surface area (Å²) in [5.74, 6) is 3.51. The van der Waals surface area contributed by atoms with Gasteiger partial charge in [-0.3, -0.25) is 4.79 Å². The van der Waals surface area contributed by atoms with Gasteiger partial charge in [-0.15, -0.1) is 0 Å². The van der Waals surface area contributed by atoms with Crippen LogP contribution >= 0.6 is 0 Å². The molecule has 0 aromatic carbocycles. The fourth-order valence-electron chi connectivity index (χ4n) is 3.38. The second-order valence-electron chi connectivity index (χ2n) is 5.65. The van der Waals surface area contributed by atoms with E-state index >= 15 is 0 Å². The van der Waals surface area contributed by atoms with E-state index in [-0.39, 0.29) is 0 Å². The second-order valence-corrected chi connectivity index (χ2v) is 5.65. The second kappa shape index (κ2) is 3.89. The minimum absolute atomic E-state index is 0.441. The van der Waals surface area contributed by atoms with Gasteiger partial charge in [0.15, 0.2) is 0 Å². The first kappa shape index (κ1) is 9.83. The number of rotatable bonds is 3. The van der Waals surface area contributed by atoms with Crippen molar-refractivity contribution in [2.75, 3.05) is 13.2 Å². The molecule has 1 saturated heterocycles. The highest BCUT2D eigenvalue weighted by molar-refractivity contribution is 5.81. The van der Waals surface area contributed by atoms with Crippen molar-refractivity contribution < 1.29 is 9.53 Å². The molecule has 0 spiro atoms. The Morgan fingerprint density at radius 3 is 2.40 bits per heavy atom. The first-order chi connectivity index (χ1) is 7.33. The Labute approximate surface area is 91.4 Å². The number of carbonyl (C=O) groups is 1.